The second kappa shape index (κ2) is 10.1. The van der Waals surface area contributed by atoms with Crippen molar-refractivity contribution in [3.63, 3.8) is 0 Å². The smallest absolute Gasteiger partial charge is 0.340 e. The third kappa shape index (κ3) is 5.04. The van der Waals surface area contributed by atoms with Crippen molar-refractivity contribution in [2.24, 2.45) is 0 Å². The second-order valence-corrected chi connectivity index (χ2v) is 6.90. The fraction of sp³-hybridized carbons (Fsp3) is 0.0833. The normalized spacial score (nSPS) is 10.7. The van der Waals surface area contributed by atoms with Gasteiger partial charge in [0, 0.05) is 24.3 Å². The molecular formula is C24H16ClN3O4. The Morgan fingerprint density at radius 1 is 1.16 bits per heavy atom. The zero-order valence-corrected chi connectivity index (χ0v) is 17.6. The number of benzene rings is 2. The lowest BCUT2D eigenvalue weighted by Crippen LogP contribution is -2.18. The molecule has 8 heteroatoms. The average molecular weight is 446 g/mol. The van der Waals surface area contributed by atoms with E-state index in [9.17, 15) is 9.59 Å². The van der Waals surface area contributed by atoms with Crippen molar-refractivity contribution in [2.75, 3.05) is 7.05 Å². The molecule has 0 fully saturated rings. The number of ether oxygens (including phenoxy) is 1. The number of esters is 1. The van der Waals surface area contributed by atoms with Gasteiger partial charge in [-0.2, -0.15) is 10.5 Å². The molecular weight excluding hydrogens is 430 g/mol. The van der Waals surface area contributed by atoms with Crippen molar-refractivity contribution < 1.29 is 18.7 Å². The molecule has 0 aliphatic heterocycles. The summed E-state index contributed by atoms with van der Waals surface area (Å²) in [6.45, 7) is -0.0742. The van der Waals surface area contributed by atoms with Crippen LogP contribution in [0.15, 0.2) is 64.6 Å². The monoisotopic (exact) mass is 445 g/mol. The molecule has 0 radical (unpaired) electrons. The third-order valence-electron chi connectivity index (χ3n) is 4.47. The van der Waals surface area contributed by atoms with Gasteiger partial charge in [-0.1, -0.05) is 29.8 Å². The van der Waals surface area contributed by atoms with Crippen LogP contribution in [0.2, 0.25) is 5.02 Å². The Kier molecular flexibility index (Phi) is 7.07. The highest BCUT2D eigenvalue weighted by Crippen LogP contribution is 2.28. The number of carbonyl (C=O) groups is 2. The van der Waals surface area contributed by atoms with Gasteiger partial charge in [0.1, 0.15) is 29.8 Å². The lowest BCUT2D eigenvalue weighted by molar-refractivity contribution is -0.116. The molecule has 1 aromatic heterocycles. The van der Waals surface area contributed by atoms with Crippen LogP contribution >= 0.6 is 11.6 Å². The quantitative estimate of drug-likeness (QED) is 0.339. The van der Waals surface area contributed by atoms with Gasteiger partial charge in [0.15, 0.2) is 0 Å². The lowest BCUT2D eigenvalue weighted by Gasteiger charge is -2.09. The van der Waals surface area contributed by atoms with Crippen molar-refractivity contribution >= 4 is 29.6 Å². The number of nitrogens with zero attached hydrogens (tertiary/aromatic N) is 2. The van der Waals surface area contributed by atoms with E-state index in [0.29, 0.717) is 28.2 Å². The molecule has 0 atom stereocenters. The van der Waals surface area contributed by atoms with Crippen LogP contribution in [0.5, 0.6) is 0 Å². The Morgan fingerprint density at radius 3 is 2.66 bits per heavy atom. The largest absolute Gasteiger partial charge is 0.457 e. The van der Waals surface area contributed by atoms with E-state index in [1.54, 1.807) is 48.5 Å². The number of furan rings is 1. The highest BCUT2D eigenvalue weighted by atomic mass is 35.5. The first-order valence-corrected chi connectivity index (χ1v) is 9.73. The minimum Gasteiger partial charge on any atom is -0.457 e. The van der Waals surface area contributed by atoms with E-state index < -0.39 is 11.9 Å². The number of rotatable bonds is 6. The molecule has 32 heavy (non-hydrogen) atoms. The summed E-state index contributed by atoms with van der Waals surface area (Å²) in [6, 6.07) is 18.7. The Bertz CT molecular complexity index is 1300. The molecule has 0 saturated carbocycles. The third-order valence-corrected chi connectivity index (χ3v) is 4.80. The van der Waals surface area contributed by atoms with Gasteiger partial charge < -0.3 is 14.5 Å². The van der Waals surface area contributed by atoms with Crippen LogP contribution in [0.3, 0.4) is 0 Å². The number of hydrogen-bond donors (Lipinski definition) is 1. The summed E-state index contributed by atoms with van der Waals surface area (Å²) in [4.78, 5) is 24.3. The fourth-order valence-electron chi connectivity index (χ4n) is 2.82. The van der Waals surface area contributed by atoms with Gasteiger partial charge in [-0.05, 0) is 36.4 Å². The molecule has 3 rings (SSSR count). The molecule has 0 aliphatic carbocycles. The maximum Gasteiger partial charge on any atom is 0.340 e. The van der Waals surface area contributed by atoms with Gasteiger partial charge in [0.05, 0.1) is 22.2 Å². The Hall–Kier alpha value is -4.33. The van der Waals surface area contributed by atoms with Crippen LogP contribution in [0.4, 0.5) is 0 Å². The molecule has 7 nitrogen and oxygen atoms in total. The lowest BCUT2D eigenvalue weighted by atomic mass is 10.1. The van der Waals surface area contributed by atoms with Gasteiger partial charge in [-0.3, -0.25) is 4.79 Å². The van der Waals surface area contributed by atoms with Crippen LogP contribution in [-0.4, -0.2) is 18.9 Å². The minimum absolute atomic E-state index is 0.0742. The molecule has 0 bridgehead atoms. The summed E-state index contributed by atoms with van der Waals surface area (Å²) < 4.78 is 11.0. The fourth-order valence-corrected chi connectivity index (χ4v) is 3.02. The first kappa shape index (κ1) is 22.4. The van der Waals surface area contributed by atoms with Gasteiger partial charge in [-0.15, -0.1) is 0 Å². The van der Waals surface area contributed by atoms with Crippen molar-refractivity contribution in [3.8, 4) is 23.5 Å². The first-order valence-electron chi connectivity index (χ1n) is 9.35. The zero-order valence-electron chi connectivity index (χ0n) is 16.9. The molecule has 3 aromatic rings. The summed E-state index contributed by atoms with van der Waals surface area (Å²) in [5.41, 5.74) is 1.59. The maximum atomic E-state index is 12.6. The van der Waals surface area contributed by atoms with E-state index in [1.807, 2.05) is 6.07 Å². The Balaban J connectivity index is 1.82. The predicted molar refractivity (Wildman–Crippen MR) is 117 cm³/mol. The summed E-state index contributed by atoms with van der Waals surface area (Å²) >= 11 is 6.19. The molecule has 0 unspecified atom stereocenters. The molecule has 1 amide bonds. The molecule has 2 aromatic carbocycles. The number of likely N-dealkylation sites (N-methyl/N-ethyl adjacent to an activating group) is 1. The van der Waals surface area contributed by atoms with Gasteiger partial charge in [0.2, 0.25) is 0 Å². The van der Waals surface area contributed by atoms with Crippen LogP contribution in [0, 0.1) is 22.7 Å². The topological polar surface area (TPSA) is 116 Å². The van der Waals surface area contributed by atoms with Crippen molar-refractivity contribution in [2.45, 2.75) is 6.61 Å². The van der Waals surface area contributed by atoms with Crippen LogP contribution in [-0.2, 0) is 16.1 Å². The highest BCUT2D eigenvalue weighted by Gasteiger charge is 2.16. The summed E-state index contributed by atoms with van der Waals surface area (Å²) in [6.07, 6.45) is 1.32. The molecule has 1 N–H and O–H groups in total. The maximum absolute atomic E-state index is 12.6. The van der Waals surface area contributed by atoms with Crippen LogP contribution in [0.1, 0.15) is 27.2 Å². The first-order chi connectivity index (χ1) is 15.5. The number of nitrogens with one attached hydrogen (secondary N) is 1. The van der Waals surface area contributed by atoms with E-state index in [2.05, 4.69) is 11.4 Å². The van der Waals surface area contributed by atoms with E-state index in [-0.39, 0.29) is 22.8 Å². The van der Waals surface area contributed by atoms with Crippen molar-refractivity contribution in [1.82, 2.24) is 5.32 Å². The van der Waals surface area contributed by atoms with E-state index in [1.165, 1.54) is 19.2 Å². The van der Waals surface area contributed by atoms with E-state index in [0.717, 1.165) is 0 Å². The SMILES string of the molecule is CNC(=O)/C(C#N)=C/c1ccc(-c2ccc(Cl)c(C(=O)OCc3ccccc3C#N)c2)o1. The van der Waals surface area contributed by atoms with Gasteiger partial charge >= 0.3 is 5.97 Å². The summed E-state index contributed by atoms with van der Waals surface area (Å²) in [5.74, 6) is -0.471. The predicted octanol–water partition coefficient (Wildman–Crippen LogP) is 4.48. The van der Waals surface area contributed by atoms with Crippen LogP contribution < -0.4 is 5.32 Å². The highest BCUT2D eigenvalue weighted by molar-refractivity contribution is 6.33. The molecule has 158 valence electrons. The summed E-state index contributed by atoms with van der Waals surface area (Å²) in [5, 5.41) is 20.8. The van der Waals surface area contributed by atoms with E-state index in [4.69, 9.17) is 31.3 Å². The molecule has 0 aliphatic rings. The standard InChI is InChI=1S/C24H16ClN3O4/c1-28-23(29)18(13-27)10-19-7-9-22(32-19)15-6-8-21(25)20(11-15)24(30)31-14-17-5-3-2-4-16(17)12-26/h2-11H,14H2,1H3,(H,28,29)/b18-10+. The number of nitriles is 2. The number of hydrogen-bond acceptors (Lipinski definition) is 6. The molecule has 0 spiro atoms. The van der Waals surface area contributed by atoms with Crippen LogP contribution in [0.25, 0.3) is 17.4 Å². The molecule has 1 heterocycles. The average Bonchev–Trinajstić information content (AvgIpc) is 3.29. The molecule has 0 saturated heterocycles. The number of carbonyl (C=O) groups excluding carboxylic acids is 2. The Labute approximate surface area is 189 Å². The number of halogens is 1. The number of amides is 1. The van der Waals surface area contributed by atoms with Crippen molar-refractivity contribution in [3.05, 3.63) is 87.6 Å². The van der Waals surface area contributed by atoms with E-state index >= 15 is 0 Å². The minimum atomic E-state index is -0.650. The van der Waals surface area contributed by atoms with Gasteiger partial charge in [0.25, 0.3) is 5.91 Å². The second-order valence-electron chi connectivity index (χ2n) is 6.49. The summed E-state index contributed by atoms with van der Waals surface area (Å²) in [7, 11) is 1.42. The van der Waals surface area contributed by atoms with Crippen molar-refractivity contribution in [1.29, 1.82) is 10.5 Å². The Morgan fingerprint density at radius 2 is 1.94 bits per heavy atom. The zero-order chi connectivity index (χ0) is 23.1. The van der Waals surface area contributed by atoms with Gasteiger partial charge in [-0.25, -0.2) is 4.79 Å².